The van der Waals surface area contributed by atoms with E-state index in [1.807, 2.05) is 24.3 Å². The highest BCUT2D eigenvalue weighted by Crippen LogP contribution is 2.41. The van der Waals surface area contributed by atoms with Gasteiger partial charge in [-0.3, -0.25) is 14.7 Å². The normalized spacial score (nSPS) is 30.5. The van der Waals surface area contributed by atoms with Crippen LogP contribution in [0.5, 0.6) is 5.75 Å². The molecule has 126 valence electrons. The molecule has 2 aromatic rings. The highest BCUT2D eigenvalue weighted by atomic mass is 79.9. The van der Waals surface area contributed by atoms with E-state index >= 15 is 0 Å². The highest BCUT2D eigenvalue weighted by molar-refractivity contribution is 9.09. The Bertz CT molecular complexity index is 793. The van der Waals surface area contributed by atoms with Crippen molar-refractivity contribution in [1.82, 2.24) is 9.88 Å². The van der Waals surface area contributed by atoms with Gasteiger partial charge in [0.05, 0.1) is 18.7 Å². The zero-order chi connectivity index (χ0) is 16.8. The van der Waals surface area contributed by atoms with Crippen molar-refractivity contribution >= 4 is 32.6 Å². The number of ether oxygens (including phenoxy) is 1. The molecule has 0 amide bonds. The van der Waals surface area contributed by atoms with Crippen LogP contribution in [0.15, 0.2) is 30.5 Å². The number of halogens is 1. The van der Waals surface area contributed by atoms with Crippen LogP contribution < -0.4 is 4.74 Å². The number of aliphatic hydroxyl groups excluding tert-OH is 1. The van der Waals surface area contributed by atoms with Crippen molar-refractivity contribution in [3.05, 3.63) is 36.0 Å². The molecular weight excluding hydrogens is 372 g/mol. The van der Waals surface area contributed by atoms with Crippen LogP contribution in [0, 0.1) is 5.92 Å². The molecule has 0 radical (unpaired) electrons. The van der Waals surface area contributed by atoms with Crippen LogP contribution in [0.4, 0.5) is 0 Å². The van der Waals surface area contributed by atoms with E-state index < -0.39 is 6.10 Å². The Morgan fingerprint density at radius 2 is 2.25 bits per heavy atom. The average molecular weight is 391 g/mol. The minimum Gasteiger partial charge on any atom is -0.497 e. The Balaban J connectivity index is 1.73. The molecule has 1 aromatic heterocycles. The Hall–Kier alpha value is -1.50. The van der Waals surface area contributed by atoms with Gasteiger partial charge in [-0.05, 0) is 42.7 Å². The second kappa shape index (κ2) is 6.10. The number of carbonyl (C=O) groups is 1. The van der Waals surface area contributed by atoms with E-state index in [1.54, 1.807) is 13.3 Å². The summed E-state index contributed by atoms with van der Waals surface area (Å²) in [6.45, 7) is 0.834. The number of aromatic nitrogens is 1. The first kappa shape index (κ1) is 16.0. The van der Waals surface area contributed by atoms with Crippen LogP contribution >= 0.6 is 15.9 Å². The molecular formula is C18H19BrN2O3. The molecule has 1 N–H and O–H groups in total. The fourth-order valence-electron chi connectivity index (χ4n) is 3.96. The monoisotopic (exact) mass is 390 g/mol. The molecule has 1 unspecified atom stereocenters. The van der Waals surface area contributed by atoms with Crippen molar-refractivity contribution in [3.63, 3.8) is 0 Å². The number of ketones is 1. The van der Waals surface area contributed by atoms with Gasteiger partial charge in [-0.15, -0.1) is 0 Å². The van der Waals surface area contributed by atoms with Crippen LogP contribution in [-0.4, -0.2) is 45.4 Å². The summed E-state index contributed by atoms with van der Waals surface area (Å²) in [7, 11) is 1.63. The van der Waals surface area contributed by atoms with Crippen molar-refractivity contribution < 1.29 is 14.6 Å². The van der Waals surface area contributed by atoms with E-state index in [-0.39, 0.29) is 22.7 Å². The van der Waals surface area contributed by atoms with E-state index in [0.29, 0.717) is 6.42 Å². The number of fused-ring (bicyclic) bond motifs is 4. The maximum atomic E-state index is 12.2. The number of alkyl halides is 1. The fourth-order valence-corrected chi connectivity index (χ4v) is 4.84. The standard InChI is InChI=1S/C18H19BrN2O3/c1-24-11-2-3-14-13(9-11)12(4-6-20-14)17(23)15-8-10-5-7-21(15)18(19)16(10)22/h2-4,6,9-10,15,17-18,23H,5,7-8H2,1H3/t10-,15+,17-,18+/m0/s1. The second-order valence-corrected chi connectivity index (χ2v) is 7.36. The number of Topliss-reactive ketones (excluding diaryl/α,β-unsaturated/α-hetero) is 1. The third kappa shape index (κ3) is 2.44. The Kier molecular flexibility index (Phi) is 4.06. The van der Waals surface area contributed by atoms with E-state index in [9.17, 15) is 9.90 Å². The second-order valence-electron chi connectivity index (χ2n) is 6.49. The molecule has 3 aliphatic rings. The predicted octanol–water partition coefficient (Wildman–Crippen LogP) is 2.66. The third-order valence-corrected chi connectivity index (χ3v) is 6.26. The Labute approximate surface area is 148 Å². The molecule has 1 aromatic carbocycles. The van der Waals surface area contributed by atoms with E-state index in [2.05, 4.69) is 25.8 Å². The predicted molar refractivity (Wildman–Crippen MR) is 94.2 cm³/mol. The summed E-state index contributed by atoms with van der Waals surface area (Å²) in [5.41, 5.74) is 1.67. The smallest absolute Gasteiger partial charge is 0.163 e. The van der Waals surface area contributed by atoms with Crippen molar-refractivity contribution in [2.75, 3.05) is 13.7 Å². The molecule has 2 bridgehead atoms. The molecule has 6 heteroatoms. The minimum atomic E-state index is -0.668. The zero-order valence-electron chi connectivity index (χ0n) is 13.4. The number of nitrogens with zero attached hydrogens (tertiary/aromatic N) is 2. The lowest BCUT2D eigenvalue weighted by atomic mass is 9.79. The zero-order valence-corrected chi connectivity index (χ0v) is 14.9. The topological polar surface area (TPSA) is 62.7 Å². The third-order valence-electron chi connectivity index (χ3n) is 5.28. The van der Waals surface area contributed by atoms with Crippen LogP contribution in [0.3, 0.4) is 0 Å². The molecule has 0 aliphatic carbocycles. The summed E-state index contributed by atoms with van der Waals surface area (Å²) in [5, 5.41) is 12.0. The molecule has 0 saturated carbocycles. The average Bonchev–Trinajstić information content (AvgIpc) is 2.63. The maximum Gasteiger partial charge on any atom is 0.163 e. The van der Waals surface area contributed by atoms with Gasteiger partial charge in [-0.25, -0.2) is 0 Å². The number of pyridine rings is 1. The number of hydrogen-bond acceptors (Lipinski definition) is 5. The van der Waals surface area contributed by atoms with Crippen molar-refractivity contribution in [2.24, 2.45) is 5.92 Å². The van der Waals surface area contributed by atoms with Gasteiger partial charge in [-0.1, -0.05) is 15.9 Å². The van der Waals surface area contributed by atoms with Gasteiger partial charge in [0.2, 0.25) is 0 Å². The van der Waals surface area contributed by atoms with Gasteiger partial charge in [0.25, 0.3) is 0 Å². The van der Waals surface area contributed by atoms with Gasteiger partial charge in [-0.2, -0.15) is 0 Å². The number of rotatable bonds is 3. The quantitative estimate of drug-likeness (QED) is 0.644. The number of benzene rings is 1. The highest BCUT2D eigenvalue weighted by Gasteiger charge is 2.47. The fraction of sp³-hybridized carbons (Fsp3) is 0.444. The van der Waals surface area contributed by atoms with E-state index in [1.165, 1.54) is 0 Å². The van der Waals surface area contributed by atoms with Crippen molar-refractivity contribution in [3.8, 4) is 5.75 Å². The van der Waals surface area contributed by atoms with Crippen LogP contribution in [0.25, 0.3) is 10.9 Å². The number of carbonyl (C=O) groups excluding carboxylic acids is 1. The lowest BCUT2D eigenvalue weighted by Gasteiger charge is -2.49. The first-order chi connectivity index (χ1) is 11.6. The van der Waals surface area contributed by atoms with Crippen molar-refractivity contribution in [2.45, 2.75) is 29.9 Å². The molecule has 5 atom stereocenters. The lowest BCUT2D eigenvalue weighted by Crippen LogP contribution is -2.59. The summed E-state index contributed by atoms with van der Waals surface area (Å²) >= 11 is 3.50. The SMILES string of the molecule is COc1ccc2nccc([C@H](O)[C@H]3C[C@@H]4CCN3[C@@H](Br)C4=O)c2c1. The van der Waals surface area contributed by atoms with Gasteiger partial charge in [0.1, 0.15) is 10.7 Å². The summed E-state index contributed by atoms with van der Waals surface area (Å²) in [4.78, 5) is 18.4. The van der Waals surface area contributed by atoms with Gasteiger partial charge in [0, 0.05) is 30.1 Å². The minimum absolute atomic E-state index is 0.0432. The van der Waals surface area contributed by atoms with Gasteiger partial charge >= 0.3 is 0 Å². The Morgan fingerprint density at radius 3 is 3.00 bits per heavy atom. The maximum absolute atomic E-state index is 12.2. The summed E-state index contributed by atoms with van der Waals surface area (Å²) in [6.07, 6.45) is 2.64. The molecule has 24 heavy (non-hydrogen) atoms. The van der Waals surface area contributed by atoms with Crippen LogP contribution in [0.2, 0.25) is 0 Å². The number of hydrogen-bond donors (Lipinski definition) is 1. The molecule has 4 heterocycles. The summed E-state index contributed by atoms with van der Waals surface area (Å²) in [6, 6.07) is 7.47. The van der Waals surface area contributed by atoms with Gasteiger partial charge < -0.3 is 9.84 Å². The van der Waals surface area contributed by atoms with E-state index in [4.69, 9.17) is 4.74 Å². The molecule has 3 saturated heterocycles. The first-order valence-corrected chi connectivity index (χ1v) is 9.06. The summed E-state index contributed by atoms with van der Waals surface area (Å²) < 4.78 is 5.31. The Morgan fingerprint density at radius 1 is 1.42 bits per heavy atom. The molecule has 0 spiro atoms. The molecule has 3 aliphatic heterocycles. The molecule has 5 rings (SSSR count). The molecule has 3 fully saturated rings. The van der Waals surface area contributed by atoms with Crippen molar-refractivity contribution in [1.29, 1.82) is 0 Å². The number of methoxy groups -OCH3 is 1. The van der Waals surface area contributed by atoms with Crippen LogP contribution in [-0.2, 0) is 4.79 Å². The lowest BCUT2D eigenvalue weighted by molar-refractivity contribution is -0.138. The number of aliphatic hydroxyl groups is 1. The molecule has 5 nitrogen and oxygen atoms in total. The number of piperidine rings is 3. The van der Waals surface area contributed by atoms with Crippen LogP contribution in [0.1, 0.15) is 24.5 Å². The first-order valence-electron chi connectivity index (χ1n) is 8.14. The van der Waals surface area contributed by atoms with Gasteiger partial charge in [0.15, 0.2) is 5.78 Å². The largest absolute Gasteiger partial charge is 0.497 e. The summed E-state index contributed by atoms with van der Waals surface area (Å²) in [5.74, 6) is 1.02. The van der Waals surface area contributed by atoms with E-state index in [0.717, 1.165) is 35.2 Å².